The van der Waals surface area contributed by atoms with Crippen molar-refractivity contribution in [3.8, 4) is 11.5 Å². The van der Waals surface area contributed by atoms with Crippen molar-refractivity contribution in [1.82, 2.24) is 4.90 Å². The Balaban J connectivity index is 0.00000220. The third-order valence-corrected chi connectivity index (χ3v) is 3.39. The van der Waals surface area contributed by atoms with Crippen LogP contribution in [0.25, 0.3) is 0 Å². The highest BCUT2D eigenvalue weighted by Crippen LogP contribution is 2.30. The highest BCUT2D eigenvalue weighted by molar-refractivity contribution is 5.85. The van der Waals surface area contributed by atoms with Crippen LogP contribution in [0.4, 0.5) is 8.78 Å². The van der Waals surface area contributed by atoms with Gasteiger partial charge in [0.25, 0.3) is 0 Å². The molecule has 1 aromatic carbocycles. The second-order valence-corrected chi connectivity index (χ2v) is 5.00. The lowest BCUT2D eigenvalue weighted by molar-refractivity contribution is -0.0512. The highest BCUT2D eigenvalue weighted by Gasteiger charge is 2.18. The zero-order valence-electron chi connectivity index (χ0n) is 11.9. The Labute approximate surface area is 129 Å². The van der Waals surface area contributed by atoms with Gasteiger partial charge >= 0.3 is 6.61 Å². The molecule has 21 heavy (non-hydrogen) atoms. The van der Waals surface area contributed by atoms with Crippen LogP contribution in [0.5, 0.6) is 11.5 Å². The molecule has 1 heterocycles. The topological polar surface area (TPSA) is 47.7 Å². The van der Waals surface area contributed by atoms with Crippen LogP contribution in [0, 0.1) is 0 Å². The molecule has 0 bridgehead atoms. The Hall–Kier alpha value is -1.11. The monoisotopic (exact) mass is 322 g/mol. The van der Waals surface area contributed by atoms with Crippen LogP contribution in [0.1, 0.15) is 18.4 Å². The van der Waals surface area contributed by atoms with Crippen LogP contribution in [-0.4, -0.2) is 37.8 Å². The van der Waals surface area contributed by atoms with E-state index in [1.807, 2.05) is 6.07 Å². The zero-order chi connectivity index (χ0) is 14.5. The molecule has 4 nitrogen and oxygen atoms in total. The quantitative estimate of drug-likeness (QED) is 0.905. The molecule has 120 valence electrons. The van der Waals surface area contributed by atoms with Gasteiger partial charge < -0.3 is 15.2 Å². The normalized spacial score (nSPS) is 19.2. The summed E-state index contributed by atoms with van der Waals surface area (Å²) in [5, 5.41) is 0. The average Bonchev–Trinajstić information content (AvgIpc) is 2.38. The van der Waals surface area contributed by atoms with Gasteiger partial charge in [-0.3, -0.25) is 4.90 Å². The van der Waals surface area contributed by atoms with Crippen molar-refractivity contribution in [3.63, 3.8) is 0 Å². The van der Waals surface area contributed by atoms with E-state index in [2.05, 4.69) is 9.64 Å². The first-order chi connectivity index (χ1) is 9.58. The first-order valence-electron chi connectivity index (χ1n) is 6.68. The number of nitrogens with zero attached hydrogens (tertiary/aromatic N) is 1. The van der Waals surface area contributed by atoms with Crippen molar-refractivity contribution in [2.75, 3.05) is 20.2 Å². The zero-order valence-corrected chi connectivity index (χ0v) is 12.7. The molecule has 0 saturated carbocycles. The minimum atomic E-state index is -2.86. The van der Waals surface area contributed by atoms with E-state index < -0.39 is 6.61 Å². The van der Waals surface area contributed by atoms with Crippen molar-refractivity contribution in [3.05, 3.63) is 23.8 Å². The van der Waals surface area contributed by atoms with Gasteiger partial charge in [0, 0.05) is 19.1 Å². The second kappa shape index (κ2) is 8.36. The SMILES string of the molecule is COc1ccc(CN2CCCC(N)C2)cc1OC(F)F.Cl. The van der Waals surface area contributed by atoms with Crippen LogP contribution in [0.3, 0.4) is 0 Å². The predicted octanol–water partition coefficient (Wildman–Crippen LogP) is 2.64. The number of halogens is 3. The Kier molecular flexibility index (Phi) is 7.14. The molecular formula is C14H21ClF2N2O2. The van der Waals surface area contributed by atoms with Crippen molar-refractivity contribution >= 4 is 12.4 Å². The van der Waals surface area contributed by atoms with Crippen LogP contribution in [0.15, 0.2) is 18.2 Å². The van der Waals surface area contributed by atoms with E-state index in [4.69, 9.17) is 10.5 Å². The number of piperidine rings is 1. The minimum Gasteiger partial charge on any atom is -0.493 e. The molecule has 1 fully saturated rings. The standard InChI is InChI=1S/C14H20F2N2O2.ClH/c1-19-12-5-4-10(7-13(12)20-14(15)16)8-18-6-2-3-11(17)9-18;/h4-5,7,11,14H,2-3,6,8-9,17H2,1H3;1H. The van der Waals surface area contributed by atoms with Crippen LogP contribution >= 0.6 is 12.4 Å². The first kappa shape index (κ1) is 17.9. The number of alkyl halides is 2. The van der Waals surface area contributed by atoms with E-state index in [0.29, 0.717) is 12.3 Å². The van der Waals surface area contributed by atoms with E-state index in [9.17, 15) is 8.78 Å². The molecule has 1 aromatic rings. The second-order valence-electron chi connectivity index (χ2n) is 5.00. The maximum Gasteiger partial charge on any atom is 0.387 e. The minimum absolute atomic E-state index is 0. The smallest absolute Gasteiger partial charge is 0.387 e. The molecule has 0 spiro atoms. The molecule has 1 unspecified atom stereocenters. The van der Waals surface area contributed by atoms with Gasteiger partial charge in [-0.15, -0.1) is 12.4 Å². The molecule has 1 aliphatic heterocycles. The van der Waals surface area contributed by atoms with E-state index >= 15 is 0 Å². The summed E-state index contributed by atoms with van der Waals surface area (Å²) in [4.78, 5) is 2.22. The maximum absolute atomic E-state index is 12.4. The molecule has 1 atom stereocenters. The van der Waals surface area contributed by atoms with Gasteiger partial charge in [-0.25, -0.2) is 0 Å². The van der Waals surface area contributed by atoms with Crippen LogP contribution in [0.2, 0.25) is 0 Å². The Morgan fingerprint density at radius 1 is 1.38 bits per heavy atom. The number of hydrogen-bond donors (Lipinski definition) is 1. The molecule has 1 saturated heterocycles. The third kappa shape index (κ3) is 5.30. The fourth-order valence-corrected chi connectivity index (χ4v) is 2.50. The summed E-state index contributed by atoms with van der Waals surface area (Å²) < 4.78 is 34.2. The highest BCUT2D eigenvalue weighted by atomic mass is 35.5. The van der Waals surface area contributed by atoms with E-state index in [0.717, 1.165) is 31.5 Å². The number of likely N-dealkylation sites (tertiary alicyclic amines) is 1. The average molecular weight is 323 g/mol. The van der Waals surface area contributed by atoms with E-state index in [1.54, 1.807) is 12.1 Å². The molecular weight excluding hydrogens is 302 g/mol. The summed E-state index contributed by atoms with van der Waals surface area (Å²) >= 11 is 0. The largest absolute Gasteiger partial charge is 0.493 e. The number of rotatable bonds is 5. The van der Waals surface area contributed by atoms with Gasteiger partial charge in [0.15, 0.2) is 11.5 Å². The summed E-state index contributed by atoms with van der Waals surface area (Å²) in [6, 6.07) is 5.30. The third-order valence-electron chi connectivity index (χ3n) is 3.39. The molecule has 2 rings (SSSR count). The number of ether oxygens (including phenoxy) is 2. The molecule has 0 radical (unpaired) electrons. The summed E-state index contributed by atoms with van der Waals surface area (Å²) in [6.07, 6.45) is 2.11. The van der Waals surface area contributed by atoms with Crippen molar-refractivity contribution < 1.29 is 18.3 Å². The van der Waals surface area contributed by atoms with Gasteiger partial charge in [-0.1, -0.05) is 6.07 Å². The Morgan fingerprint density at radius 2 is 2.14 bits per heavy atom. The van der Waals surface area contributed by atoms with Crippen LogP contribution < -0.4 is 15.2 Å². The van der Waals surface area contributed by atoms with Gasteiger partial charge in [0.2, 0.25) is 0 Å². The lowest BCUT2D eigenvalue weighted by Crippen LogP contribution is -2.42. The van der Waals surface area contributed by atoms with Crippen molar-refractivity contribution in [2.24, 2.45) is 5.73 Å². The number of benzene rings is 1. The molecule has 0 amide bonds. The van der Waals surface area contributed by atoms with Crippen molar-refractivity contribution in [2.45, 2.75) is 32.0 Å². The maximum atomic E-state index is 12.4. The Morgan fingerprint density at radius 3 is 2.76 bits per heavy atom. The molecule has 2 N–H and O–H groups in total. The molecule has 0 aromatic heterocycles. The Bertz CT molecular complexity index is 449. The number of methoxy groups -OCH3 is 1. The summed E-state index contributed by atoms with van der Waals surface area (Å²) in [5.74, 6) is 0.380. The van der Waals surface area contributed by atoms with E-state index in [1.165, 1.54) is 7.11 Å². The lowest BCUT2D eigenvalue weighted by Gasteiger charge is -2.30. The summed E-state index contributed by atoms with van der Waals surface area (Å²) in [7, 11) is 1.43. The summed E-state index contributed by atoms with van der Waals surface area (Å²) in [6.45, 7) is -0.373. The van der Waals surface area contributed by atoms with Gasteiger partial charge in [-0.2, -0.15) is 8.78 Å². The fraction of sp³-hybridized carbons (Fsp3) is 0.571. The molecule has 1 aliphatic rings. The van der Waals surface area contributed by atoms with Gasteiger partial charge in [0.05, 0.1) is 7.11 Å². The molecule has 0 aliphatic carbocycles. The van der Waals surface area contributed by atoms with Gasteiger partial charge in [-0.05, 0) is 37.1 Å². The number of nitrogens with two attached hydrogens (primary N) is 1. The predicted molar refractivity (Wildman–Crippen MR) is 79.4 cm³/mol. The summed E-state index contributed by atoms with van der Waals surface area (Å²) in [5.41, 5.74) is 6.85. The van der Waals surface area contributed by atoms with Gasteiger partial charge in [0.1, 0.15) is 0 Å². The lowest BCUT2D eigenvalue weighted by atomic mass is 10.1. The number of hydrogen-bond acceptors (Lipinski definition) is 4. The van der Waals surface area contributed by atoms with Crippen molar-refractivity contribution in [1.29, 1.82) is 0 Å². The molecule has 7 heteroatoms. The first-order valence-corrected chi connectivity index (χ1v) is 6.68. The van der Waals surface area contributed by atoms with Crippen LogP contribution in [-0.2, 0) is 6.54 Å². The fourth-order valence-electron chi connectivity index (χ4n) is 2.50. The van der Waals surface area contributed by atoms with E-state index in [-0.39, 0.29) is 24.2 Å².